The fraction of sp³-hybridized carbons (Fsp3) is 0.400. The molecule has 2 aliphatic rings. The second kappa shape index (κ2) is 8.94. The summed E-state index contributed by atoms with van der Waals surface area (Å²) in [6.07, 6.45) is 5.24. The molecule has 2 aliphatic heterocycles. The van der Waals surface area contributed by atoms with E-state index < -0.39 is 17.2 Å². The largest absolute Gasteiger partial charge is 0.505 e. The van der Waals surface area contributed by atoms with Crippen molar-refractivity contribution in [1.82, 2.24) is 14.8 Å². The number of hydrogen-bond acceptors (Lipinski definition) is 6. The zero-order valence-corrected chi connectivity index (χ0v) is 19.4. The Kier molecular flexibility index (Phi) is 6.21. The number of pyridine rings is 1. The number of phenolic OH excluding ortho intramolecular Hbond substituents is 1. The molecule has 0 radical (unpaired) electrons. The van der Waals surface area contributed by atoms with Crippen LogP contribution in [0, 0.1) is 11.7 Å². The molecule has 4 rings (SSSR count). The second-order valence-electron chi connectivity index (χ2n) is 9.31. The van der Waals surface area contributed by atoms with E-state index in [4.69, 9.17) is 4.74 Å². The Hall–Kier alpha value is -3.26. The van der Waals surface area contributed by atoms with Crippen LogP contribution in [0.3, 0.4) is 0 Å². The number of phenols is 1. The number of aromatic nitrogens is 1. The first-order chi connectivity index (χ1) is 15.6. The Balaban J connectivity index is 1.50. The van der Waals surface area contributed by atoms with E-state index in [0.717, 1.165) is 17.8 Å². The van der Waals surface area contributed by atoms with Crippen LogP contribution in [-0.2, 0) is 11.3 Å². The van der Waals surface area contributed by atoms with Crippen molar-refractivity contribution in [3.8, 4) is 22.8 Å². The molecule has 7 nitrogen and oxygen atoms in total. The Morgan fingerprint density at radius 2 is 2.09 bits per heavy atom. The summed E-state index contributed by atoms with van der Waals surface area (Å²) in [4.78, 5) is 25.1. The molecule has 0 unspecified atom stereocenters. The minimum atomic E-state index is -0.701. The summed E-state index contributed by atoms with van der Waals surface area (Å²) in [5.74, 6) is -0.294. The average Bonchev–Trinajstić information content (AvgIpc) is 3.17. The molecule has 3 heterocycles. The van der Waals surface area contributed by atoms with Gasteiger partial charge in [0.05, 0.1) is 23.5 Å². The lowest BCUT2D eigenvalue weighted by molar-refractivity contribution is -0.137. The number of rotatable bonds is 7. The van der Waals surface area contributed by atoms with Crippen molar-refractivity contribution in [3.05, 3.63) is 53.5 Å². The minimum absolute atomic E-state index is 0.0116. The number of halogens is 1. The number of carbonyl (C=O) groups is 1. The first kappa shape index (κ1) is 22.9. The number of benzene rings is 1. The number of aromatic hydroxyl groups is 1. The van der Waals surface area contributed by atoms with Crippen molar-refractivity contribution < 1.29 is 19.0 Å². The normalized spacial score (nSPS) is 15.9. The SMILES string of the molecule is CN(C)C/C=C/C(=O)N1CC(C(C)(C)Oc2cc(-c3ccc(O)c(F)c3)nc3c2C=NC3)C1. The highest BCUT2D eigenvalue weighted by Gasteiger charge is 2.42. The van der Waals surface area contributed by atoms with Crippen LogP contribution in [0.4, 0.5) is 4.39 Å². The fourth-order valence-electron chi connectivity index (χ4n) is 3.90. The maximum Gasteiger partial charge on any atom is 0.246 e. The first-order valence-corrected chi connectivity index (χ1v) is 11.0. The quantitative estimate of drug-likeness (QED) is 0.653. The molecule has 1 N–H and O–H groups in total. The number of ether oxygens (including phenoxy) is 1. The lowest BCUT2D eigenvalue weighted by atomic mass is 9.84. The molecule has 0 bridgehead atoms. The van der Waals surface area contributed by atoms with Crippen LogP contribution >= 0.6 is 0 Å². The summed E-state index contributed by atoms with van der Waals surface area (Å²) < 4.78 is 20.4. The summed E-state index contributed by atoms with van der Waals surface area (Å²) in [6, 6.07) is 5.98. The molecule has 1 amide bonds. The summed E-state index contributed by atoms with van der Waals surface area (Å²) in [5.41, 5.74) is 2.16. The van der Waals surface area contributed by atoms with E-state index in [0.29, 0.717) is 36.6 Å². The topological polar surface area (TPSA) is 78.3 Å². The number of aliphatic imine (C=N–C) groups is 1. The molecule has 1 saturated heterocycles. The third kappa shape index (κ3) is 4.90. The van der Waals surface area contributed by atoms with Crippen LogP contribution in [-0.4, -0.2) is 71.3 Å². The Bertz CT molecular complexity index is 1120. The molecule has 0 spiro atoms. The standard InChI is InChI=1S/C25H29FN4O3/c1-25(2,17-14-30(15-17)24(32)6-5-9-29(3)4)33-23-11-20(28-21-13-27-12-18(21)23)16-7-8-22(31)19(26)10-16/h5-8,10-12,17,31H,9,13-15H2,1-4H3/b6-5+. The van der Waals surface area contributed by atoms with Crippen LogP contribution < -0.4 is 4.74 Å². The first-order valence-electron chi connectivity index (χ1n) is 11.0. The van der Waals surface area contributed by atoms with Gasteiger partial charge in [0, 0.05) is 49.5 Å². The number of likely N-dealkylation sites (N-methyl/N-ethyl adjacent to an activating group) is 1. The Morgan fingerprint density at radius 1 is 1.33 bits per heavy atom. The number of likely N-dealkylation sites (tertiary alicyclic amines) is 1. The number of nitrogens with zero attached hydrogens (tertiary/aromatic N) is 4. The summed E-state index contributed by atoms with van der Waals surface area (Å²) >= 11 is 0. The summed E-state index contributed by atoms with van der Waals surface area (Å²) in [5, 5.41) is 9.51. The van der Waals surface area contributed by atoms with E-state index in [1.165, 1.54) is 12.1 Å². The van der Waals surface area contributed by atoms with Crippen molar-refractivity contribution >= 4 is 12.1 Å². The third-order valence-corrected chi connectivity index (χ3v) is 6.08. The van der Waals surface area contributed by atoms with Gasteiger partial charge >= 0.3 is 0 Å². The van der Waals surface area contributed by atoms with Crippen LogP contribution in [0.1, 0.15) is 25.1 Å². The van der Waals surface area contributed by atoms with Gasteiger partial charge in [-0.1, -0.05) is 6.08 Å². The molecular weight excluding hydrogens is 423 g/mol. The molecule has 0 aliphatic carbocycles. The number of hydrogen-bond donors (Lipinski definition) is 1. The van der Waals surface area contributed by atoms with Crippen molar-refractivity contribution in [3.63, 3.8) is 0 Å². The minimum Gasteiger partial charge on any atom is -0.505 e. The van der Waals surface area contributed by atoms with Crippen LogP contribution in [0.2, 0.25) is 0 Å². The van der Waals surface area contributed by atoms with Gasteiger partial charge in [0.15, 0.2) is 11.6 Å². The van der Waals surface area contributed by atoms with E-state index in [1.807, 2.05) is 43.8 Å². The van der Waals surface area contributed by atoms with Gasteiger partial charge in [-0.2, -0.15) is 0 Å². The van der Waals surface area contributed by atoms with E-state index in [9.17, 15) is 14.3 Å². The molecule has 33 heavy (non-hydrogen) atoms. The molecule has 1 fully saturated rings. The smallest absolute Gasteiger partial charge is 0.246 e. The highest BCUT2D eigenvalue weighted by atomic mass is 19.1. The van der Waals surface area contributed by atoms with Crippen LogP contribution in [0.5, 0.6) is 11.5 Å². The molecule has 8 heteroatoms. The average molecular weight is 453 g/mol. The van der Waals surface area contributed by atoms with Gasteiger partial charge in [0.25, 0.3) is 0 Å². The lowest BCUT2D eigenvalue weighted by Crippen LogP contribution is -2.59. The molecule has 2 aromatic rings. The van der Waals surface area contributed by atoms with Gasteiger partial charge in [0.1, 0.15) is 11.4 Å². The van der Waals surface area contributed by atoms with Gasteiger partial charge in [-0.05, 0) is 46.1 Å². The van der Waals surface area contributed by atoms with E-state index in [1.54, 1.807) is 24.4 Å². The lowest BCUT2D eigenvalue weighted by Gasteiger charge is -2.47. The number of fused-ring (bicyclic) bond motifs is 1. The molecule has 0 atom stereocenters. The van der Waals surface area contributed by atoms with E-state index >= 15 is 0 Å². The predicted molar refractivity (Wildman–Crippen MR) is 125 cm³/mol. The molecule has 1 aromatic heterocycles. The van der Waals surface area contributed by atoms with Crippen LogP contribution in [0.25, 0.3) is 11.3 Å². The van der Waals surface area contributed by atoms with Gasteiger partial charge < -0.3 is 19.6 Å². The Morgan fingerprint density at radius 3 is 2.79 bits per heavy atom. The fourth-order valence-corrected chi connectivity index (χ4v) is 3.90. The summed E-state index contributed by atoms with van der Waals surface area (Å²) in [7, 11) is 3.91. The highest BCUT2D eigenvalue weighted by Crippen LogP contribution is 2.37. The Labute approximate surface area is 193 Å². The van der Waals surface area contributed by atoms with Gasteiger partial charge in [-0.15, -0.1) is 0 Å². The molecular formula is C25H29FN4O3. The van der Waals surface area contributed by atoms with E-state index in [2.05, 4.69) is 9.98 Å². The molecule has 174 valence electrons. The zero-order valence-electron chi connectivity index (χ0n) is 19.4. The number of carbonyl (C=O) groups excluding carboxylic acids is 1. The van der Waals surface area contributed by atoms with Crippen LogP contribution in [0.15, 0.2) is 41.4 Å². The zero-order chi connectivity index (χ0) is 23.8. The van der Waals surface area contributed by atoms with Gasteiger partial charge in [-0.3, -0.25) is 9.79 Å². The summed E-state index contributed by atoms with van der Waals surface area (Å²) in [6.45, 7) is 6.43. The molecule has 1 aromatic carbocycles. The van der Waals surface area contributed by atoms with Crippen molar-refractivity contribution in [1.29, 1.82) is 0 Å². The highest BCUT2D eigenvalue weighted by molar-refractivity contribution is 5.89. The van der Waals surface area contributed by atoms with Gasteiger partial charge in [-0.25, -0.2) is 9.37 Å². The second-order valence-corrected chi connectivity index (χ2v) is 9.31. The maximum absolute atomic E-state index is 13.9. The number of amides is 1. The predicted octanol–water partition coefficient (Wildman–Crippen LogP) is 3.26. The van der Waals surface area contributed by atoms with Crippen molar-refractivity contribution in [2.75, 3.05) is 33.7 Å². The van der Waals surface area contributed by atoms with Gasteiger partial charge in [0.2, 0.25) is 5.91 Å². The maximum atomic E-state index is 13.9. The molecule has 0 saturated carbocycles. The monoisotopic (exact) mass is 452 g/mol. The van der Waals surface area contributed by atoms with Crippen molar-refractivity contribution in [2.45, 2.75) is 26.0 Å². The third-order valence-electron chi connectivity index (χ3n) is 6.08. The van der Waals surface area contributed by atoms with E-state index in [-0.39, 0.29) is 11.8 Å². The van der Waals surface area contributed by atoms with Crippen molar-refractivity contribution in [2.24, 2.45) is 10.9 Å².